The molecule has 2 unspecified atom stereocenters. The Morgan fingerprint density at radius 1 is 1.31 bits per heavy atom. The first-order valence-corrected chi connectivity index (χ1v) is 10.5. The van der Waals surface area contributed by atoms with Crippen molar-refractivity contribution in [1.82, 2.24) is 20.5 Å². The highest BCUT2D eigenvalue weighted by Crippen LogP contribution is 2.32. The lowest BCUT2D eigenvalue weighted by Gasteiger charge is -2.29. The number of rotatable bonds is 8. The van der Waals surface area contributed by atoms with Crippen molar-refractivity contribution < 1.29 is 32.8 Å². The first kappa shape index (κ1) is 23.9. The van der Waals surface area contributed by atoms with Crippen LogP contribution in [0.25, 0.3) is 0 Å². The van der Waals surface area contributed by atoms with Crippen molar-refractivity contribution >= 4 is 24.0 Å². The molecular weight excluding hydrogens is 431 g/mol. The number of hydrogen-bond donors (Lipinski definition) is 3. The van der Waals surface area contributed by atoms with Crippen LogP contribution in [0.3, 0.4) is 0 Å². The monoisotopic (exact) mass is 457 g/mol. The average Bonchev–Trinajstić information content (AvgIpc) is 3.44. The summed E-state index contributed by atoms with van der Waals surface area (Å²) in [6.07, 6.45) is 0.298. The Kier molecular flexibility index (Phi) is 7.67. The fourth-order valence-corrected chi connectivity index (χ4v) is 4.28. The van der Waals surface area contributed by atoms with E-state index in [1.165, 1.54) is 6.07 Å². The molecule has 2 atom stereocenters. The Hall–Kier alpha value is -2.73. The molecule has 1 aromatic rings. The van der Waals surface area contributed by atoms with Crippen LogP contribution in [0.5, 0.6) is 0 Å². The minimum Gasteiger partial charge on any atom is -0.309 e. The van der Waals surface area contributed by atoms with Crippen molar-refractivity contribution in [1.29, 1.82) is 0 Å². The smallest absolute Gasteiger partial charge is 0.309 e. The number of alkyl halides is 3. The average molecular weight is 457 g/mol. The van der Waals surface area contributed by atoms with Gasteiger partial charge in [-0.1, -0.05) is 31.7 Å². The van der Waals surface area contributed by atoms with E-state index in [2.05, 4.69) is 15.7 Å². The molecule has 1 saturated heterocycles. The number of anilines is 1. The fraction of sp³-hybridized carbons (Fsp3) is 0.600. The molecule has 2 heterocycles. The zero-order valence-corrected chi connectivity index (χ0v) is 17.3. The van der Waals surface area contributed by atoms with Crippen LogP contribution >= 0.6 is 0 Å². The summed E-state index contributed by atoms with van der Waals surface area (Å²) in [6.45, 7) is 0.104. The number of hydrazine groups is 1. The van der Waals surface area contributed by atoms with Gasteiger partial charge < -0.3 is 5.32 Å². The van der Waals surface area contributed by atoms with Crippen molar-refractivity contribution in [2.24, 2.45) is 11.8 Å². The van der Waals surface area contributed by atoms with Crippen LogP contribution in [0, 0.1) is 11.8 Å². The minimum atomic E-state index is -4.65. The maximum atomic E-state index is 13.2. The van der Waals surface area contributed by atoms with E-state index in [1.54, 1.807) is 0 Å². The number of hydroxylamine groups is 2. The highest BCUT2D eigenvalue weighted by atomic mass is 19.4. The molecule has 0 spiro atoms. The van der Waals surface area contributed by atoms with Crippen molar-refractivity contribution in [2.75, 3.05) is 18.4 Å². The van der Waals surface area contributed by atoms with Gasteiger partial charge in [-0.05, 0) is 30.9 Å². The Balaban J connectivity index is 1.71. The molecule has 0 radical (unpaired) electrons. The molecule has 0 bridgehead atoms. The van der Waals surface area contributed by atoms with E-state index in [0.717, 1.165) is 42.8 Å². The molecule has 1 aliphatic heterocycles. The van der Waals surface area contributed by atoms with Gasteiger partial charge in [0.05, 0.1) is 12.5 Å². The summed E-state index contributed by atoms with van der Waals surface area (Å²) in [5.74, 6) is -1.83. The third-order valence-corrected chi connectivity index (χ3v) is 5.81. The molecule has 3 rings (SSSR count). The predicted molar refractivity (Wildman–Crippen MR) is 106 cm³/mol. The van der Waals surface area contributed by atoms with E-state index in [9.17, 15) is 32.8 Å². The summed E-state index contributed by atoms with van der Waals surface area (Å²) in [5.41, 5.74) is 1.70. The van der Waals surface area contributed by atoms with Gasteiger partial charge in [-0.3, -0.25) is 24.6 Å². The van der Waals surface area contributed by atoms with Crippen molar-refractivity contribution in [3.8, 4) is 0 Å². The van der Waals surface area contributed by atoms with E-state index in [-0.39, 0.29) is 31.1 Å². The number of amides is 3. The van der Waals surface area contributed by atoms with Gasteiger partial charge in [-0.2, -0.15) is 13.2 Å². The molecule has 1 aliphatic carbocycles. The lowest BCUT2D eigenvalue weighted by molar-refractivity contribution is -0.159. The maximum absolute atomic E-state index is 13.2. The van der Waals surface area contributed by atoms with E-state index in [0.29, 0.717) is 18.0 Å². The molecule has 2 fully saturated rings. The first-order valence-electron chi connectivity index (χ1n) is 10.5. The first-order chi connectivity index (χ1) is 15.2. The molecule has 176 valence electrons. The lowest BCUT2D eigenvalue weighted by atomic mass is 9.92. The molecule has 2 aliphatic rings. The number of carbonyl (C=O) groups excluding carboxylic acids is 3. The summed E-state index contributed by atoms with van der Waals surface area (Å²) >= 11 is 0. The Bertz CT molecular complexity index is 832. The van der Waals surface area contributed by atoms with E-state index >= 15 is 0 Å². The highest BCUT2D eigenvalue weighted by Gasteiger charge is 2.39. The van der Waals surface area contributed by atoms with Gasteiger partial charge in [0.2, 0.25) is 18.2 Å². The normalized spacial score (nSPS) is 20.2. The Morgan fingerprint density at radius 3 is 2.69 bits per heavy atom. The second-order valence-corrected chi connectivity index (χ2v) is 8.13. The van der Waals surface area contributed by atoms with Crippen molar-refractivity contribution in [3.63, 3.8) is 0 Å². The van der Waals surface area contributed by atoms with Crippen LogP contribution in [0.2, 0.25) is 0 Å². The number of halogens is 3. The van der Waals surface area contributed by atoms with Crippen molar-refractivity contribution in [3.05, 3.63) is 23.9 Å². The number of carbonyl (C=O) groups is 3. The zero-order valence-electron chi connectivity index (χ0n) is 17.3. The standard InChI is InChI=1S/C20H26F3N5O4/c21-20(22,23)16-6-3-7-17(25-16)26-18(30)15-8-9-24-28(15)19(31)14(11-27(32)12-29)10-13-4-1-2-5-13/h3,6-7,12-15,24,32H,1-2,4-5,8-11H2,(H,25,26,30). The van der Waals surface area contributed by atoms with Gasteiger partial charge in [0.1, 0.15) is 17.6 Å². The van der Waals surface area contributed by atoms with Gasteiger partial charge in [0, 0.05) is 6.54 Å². The second kappa shape index (κ2) is 10.3. The topological polar surface area (TPSA) is 115 Å². The summed E-state index contributed by atoms with van der Waals surface area (Å²) in [4.78, 5) is 40.3. The van der Waals surface area contributed by atoms with Crippen LogP contribution in [-0.2, 0) is 20.6 Å². The molecule has 0 aromatic carbocycles. The van der Waals surface area contributed by atoms with Crippen LogP contribution in [0.1, 0.15) is 44.2 Å². The molecule has 3 N–H and O–H groups in total. The SMILES string of the molecule is O=CN(O)CC(CC1CCCC1)C(=O)N1NCCC1C(=O)Nc1cccc(C(F)(F)F)n1. The zero-order chi connectivity index (χ0) is 23.3. The van der Waals surface area contributed by atoms with Crippen LogP contribution in [0.4, 0.5) is 19.0 Å². The number of aromatic nitrogens is 1. The molecule has 1 saturated carbocycles. The van der Waals surface area contributed by atoms with E-state index in [4.69, 9.17) is 0 Å². The quantitative estimate of drug-likeness (QED) is 0.313. The van der Waals surface area contributed by atoms with Crippen LogP contribution < -0.4 is 10.7 Å². The summed E-state index contributed by atoms with van der Waals surface area (Å²) in [7, 11) is 0. The van der Waals surface area contributed by atoms with E-state index in [1.807, 2.05) is 0 Å². The van der Waals surface area contributed by atoms with Gasteiger partial charge >= 0.3 is 6.18 Å². The molecule has 12 heteroatoms. The number of pyridine rings is 1. The largest absolute Gasteiger partial charge is 0.433 e. The molecule has 3 amide bonds. The summed E-state index contributed by atoms with van der Waals surface area (Å²) in [6, 6.07) is 2.20. The number of hydrogen-bond acceptors (Lipinski definition) is 6. The van der Waals surface area contributed by atoms with Gasteiger partial charge in [0.25, 0.3) is 0 Å². The third kappa shape index (κ3) is 5.94. The van der Waals surface area contributed by atoms with Crippen LogP contribution in [0.15, 0.2) is 18.2 Å². The predicted octanol–water partition coefficient (Wildman–Crippen LogP) is 2.19. The van der Waals surface area contributed by atoms with Gasteiger partial charge in [-0.25, -0.2) is 15.5 Å². The molecule has 1 aromatic heterocycles. The lowest BCUT2D eigenvalue weighted by Crippen LogP contribution is -2.51. The number of nitrogens with zero attached hydrogens (tertiary/aromatic N) is 3. The maximum Gasteiger partial charge on any atom is 0.433 e. The molecule has 32 heavy (non-hydrogen) atoms. The second-order valence-electron chi connectivity index (χ2n) is 8.13. The Morgan fingerprint density at radius 2 is 2.03 bits per heavy atom. The van der Waals surface area contributed by atoms with Crippen LogP contribution in [-0.4, -0.2) is 57.6 Å². The minimum absolute atomic E-state index is 0.208. The molecule has 9 nitrogen and oxygen atoms in total. The number of nitrogens with one attached hydrogen (secondary N) is 2. The molecular formula is C20H26F3N5O4. The fourth-order valence-electron chi connectivity index (χ4n) is 4.28. The van der Waals surface area contributed by atoms with Gasteiger partial charge in [-0.15, -0.1) is 0 Å². The summed E-state index contributed by atoms with van der Waals surface area (Å²) < 4.78 is 38.6. The van der Waals surface area contributed by atoms with E-state index < -0.39 is 35.6 Å². The van der Waals surface area contributed by atoms with Gasteiger partial charge in [0.15, 0.2) is 0 Å². The third-order valence-electron chi connectivity index (χ3n) is 5.81. The summed E-state index contributed by atoms with van der Waals surface area (Å²) in [5, 5.41) is 13.6. The highest BCUT2D eigenvalue weighted by molar-refractivity contribution is 5.97. The Labute approximate surface area is 182 Å². The van der Waals surface area contributed by atoms with Crippen molar-refractivity contribution in [2.45, 2.75) is 50.7 Å².